The van der Waals surface area contributed by atoms with Crippen LogP contribution in [0.1, 0.15) is 32.4 Å². The first-order valence-corrected chi connectivity index (χ1v) is 6.86. The summed E-state index contributed by atoms with van der Waals surface area (Å²) in [6.45, 7) is 5.70. The maximum Gasteiger partial charge on any atom is 0.412 e. The first kappa shape index (κ1) is 15.4. The van der Waals surface area contributed by atoms with E-state index in [2.05, 4.69) is 10.6 Å². The third-order valence-corrected chi connectivity index (χ3v) is 3.01. The molecule has 1 aliphatic rings. The van der Waals surface area contributed by atoms with Gasteiger partial charge in [0.15, 0.2) is 0 Å². The van der Waals surface area contributed by atoms with Crippen LogP contribution in [-0.2, 0) is 9.47 Å². The molecule has 1 saturated heterocycles. The topological polar surface area (TPSA) is 76.7 Å². The van der Waals surface area contributed by atoms with Gasteiger partial charge in [0.2, 0.25) is 0 Å². The number of carbonyl (C=O) groups excluding carboxylic acids is 2. The minimum absolute atomic E-state index is 0.377. The molecule has 2 N–H and O–H groups in total. The molecule has 0 aromatic heterocycles. The number of anilines is 1. The van der Waals surface area contributed by atoms with Crippen LogP contribution in [0.3, 0.4) is 0 Å². The number of alkyl carbamates (subject to hydrolysis) is 1. The Bertz CT molecular complexity index is 569. The summed E-state index contributed by atoms with van der Waals surface area (Å²) < 4.78 is 10.3. The van der Waals surface area contributed by atoms with Gasteiger partial charge in [-0.25, -0.2) is 9.59 Å². The molecule has 0 saturated carbocycles. The third kappa shape index (κ3) is 4.26. The zero-order chi connectivity index (χ0) is 15.6. The molecule has 0 aliphatic carbocycles. The molecule has 1 aromatic rings. The average molecular weight is 313 g/mol. The van der Waals surface area contributed by atoms with E-state index in [4.69, 9.17) is 21.1 Å². The van der Waals surface area contributed by atoms with E-state index in [-0.39, 0.29) is 0 Å². The van der Waals surface area contributed by atoms with Gasteiger partial charge >= 0.3 is 12.2 Å². The van der Waals surface area contributed by atoms with Crippen molar-refractivity contribution in [3.05, 3.63) is 28.8 Å². The van der Waals surface area contributed by atoms with Crippen LogP contribution in [0.4, 0.5) is 15.3 Å². The van der Waals surface area contributed by atoms with Crippen LogP contribution in [-0.4, -0.2) is 24.3 Å². The van der Waals surface area contributed by atoms with Crippen LogP contribution in [0.5, 0.6) is 0 Å². The van der Waals surface area contributed by atoms with Gasteiger partial charge in [-0.1, -0.05) is 17.7 Å². The summed E-state index contributed by atoms with van der Waals surface area (Å²) in [5.41, 5.74) is 0.550. The van der Waals surface area contributed by atoms with Crippen molar-refractivity contribution in [2.24, 2.45) is 0 Å². The largest absolute Gasteiger partial charge is 0.444 e. The van der Waals surface area contributed by atoms with Gasteiger partial charge in [-0.15, -0.1) is 0 Å². The molecular formula is C14H17ClN2O4. The van der Waals surface area contributed by atoms with Gasteiger partial charge in [-0.05, 0) is 38.5 Å². The highest BCUT2D eigenvalue weighted by Crippen LogP contribution is 2.29. The van der Waals surface area contributed by atoms with Crippen molar-refractivity contribution in [3.63, 3.8) is 0 Å². The fourth-order valence-electron chi connectivity index (χ4n) is 1.83. The third-order valence-electron chi connectivity index (χ3n) is 2.68. The molecule has 1 fully saturated rings. The highest BCUT2D eigenvalue weighted by atomic mass is 35.5. The summed E-state index contributed by atoms with van der Waals surface area (Å²) in [4.78, 5) is 22.8. The van der Waals surface area contributed by atoms with Crippen molar-refractivity contribution in [1.29, 1.82) is 0 Å². The Morgan fingerprint density at radius 2 is 2.19 bits per heavy atom. The normalized spacial score (nSPS) is 17.9. The monoisotopic (exact) mass is 312 g/mol. The van der Waals surface area contributed by atoms with E-state index in [1.807, 2.05) is 0 Å². The number of benzene rings is 1. The van der Waals surface area contributed by atoms with E-state index in [0.717, 1.165) is 5.56 Å². The van der Waals surface area contributed by atoms with Crippen LogP contribution in [0.2, 0.25) is 5.02 Å². The van der Waals surface area contributed by atoms with E-state index in [1.54, 1.807) is 39.0 Å². The maximum absolute atomic E-state index is 11.8. The molecule has 114 valence electrons. The second-order valence-corrected chi connectivity index (χ2v) is 6.05. The summed E-state index contributed by atoms with van der Waals surface area (Å²) in [5.74, 6) is 0. The van der Waals surface area contributed by atoms with Gasteiger partial charge in [0.05, 0.1) is 17.3 Å². The molecule has 0 spiro atoms. The van der Waals surface area contributed by atoms with Gasteiger partial charge in [0, 0.05) is 0 Å². The van der Waals surface area contributed by atoms with E-state index < -0.39 is 23.9 Å². The minimum atomic E-state index is -0.598. The standard InChI is InChI=1S/C14H17ClN2O4/c1-14(2,3)21-13(19)17-10-6-8(4-5-9(10)15)11-7-16-12(18)20-11/h4-6,11H,7H2,1-3H3,(H,16,18)(H,17,19). The van der Waals surface area contributed by atoms with Crippen molar-refractivity contribution >= 4 is 29.5 Å². The Hall–Kier alpha value is -1.95. The van der Waals surface area contributed by atoms with Gasteiger partial charge < -0.3 is 14.8 Å². The lowest BCUT2D eigenvalue weighted by Gasteiger charge is -2.20. The summed E-state index contributed by atoms with van der Waals surface area (Å²) in [6, 6.07) is 5.04. The summed E-state index contributed by atoms with van der Waals surface area (Å²) in [6.07, 6.45) is -1.45. The second-order valence-electron chi connectivity index (χ2n) is 5.64. The van der Waals surface area contributed by atoms with E-state index in [1.165, 1.54) is 0 Å². The molecule has 0 bridgehead atoms. The Balaban J connectivity index is 2.12. The Labute approximate surface area is 127 Å². The van der Waals surface area contributed by atoms with Gasteiger partial charge in [-0.2, -0.15) is 0 Å². The van der Waals surface area contributed by atoms with Crippen molar-refractivity contribution in [2.75, 3.05) is 11.9 Å². The number of hydrogen-bond donors (Lipinski definition) is 2. The Morgan fingerprint density at radius 3 is 2.76 bits per heavy atom. The first-order valence-electron chi connectivity index (χ1n) is 6.48. The molecular weight excluding hydrogens is 296 g/mol. The quantitative estimate of drug-likeness (QED) is 0.876. The lowest BCUT2D eigenvalue weighted by molar-refractivity contribution is 0.0635. The molecule has 1 heterocycles. The zero-order valence-electron chi connectivity index (χ0n) is 12.0. The number of ether oxygens (including phenoxy) is 2. The molecule has 21 heavy (non-hydrogen) atoms. The van der Waals surface area contributed by atoms with Crippen LogP contribution in [0.15, 0.2) is 18.2 Å². The zero-order valence-corrected chi connectivity index (χ0v) is 12.8. The number of cyclic esters (lactones) is 1. The van der Waals surface area contributed by atoms with Crippen LogP contribution < -0.4 is 10.6 Å². The summed E-state index contributed by atoms with van der Waals surface area (Å²) in [7, 11) is 0. The minimum Gasteiger partial charge on any atom is -0.444 e. The Morgan fingerprint density at radius 1 is 1.48 bits per heavy atom. The molecule has 1 aromatic carbocycles. The van der Waals surface area contributed by atoms with Crippen LogP contribution in [0.25, 0.3) is 0 Å². The molecule has 0 radical (unpaired) electrons. The number of nitrogens with one attached hydrogen (secondary N) is 2. The number of hydrogen-bond acceptors (Lipinski definition) is 4. The predicted octanol–water partition coefficient (Wildman–Crippen LogP) is 3.47. The van der Waals surface area contributed by atoms with Gasteiger partial charge in [-0.3, -0.25) is 5.32 Å². The van der Waals surface area contributed by atoms with Gasteiger partial charge in [0.25, 0.3) is 0 Å². The van der Waals surface area contributed by atoms with E-state index >= 15 is 0 Å². The smallest absolute Gasteiger partial charge is 0.412 e. The fourth-order valence-corrected chi connectivity index (χ4v) is 1.99. The van der Waals surface area contributed by atoms with Crippen LogP contribution in [0, 0.1) is 0 Å². The van der Waals surface area contributed by atoms with Crippen LogP contribution >= 0.6 is 11.6 Å². The number of rotatable bonds is 2. The fraction of sp³-hybridized carbons (Fsp3) is 0.429. The van der Waals surface area contributed by atoms with Crippen molar-refractivity contribution in [2.45, 2.75) is 32.5 Å². The molecule has 2 rings (SSSR count). The van der Waals surface area contributed by atoms with E-state index in [0.29, 0.717) is 17.3 Å². The molecule has 1 unspecified atom stereocenters. The highest BCUT2D eigenvalue weighted by Gasteiger charge is 2.25. The lowest BCUT2D eigenvalue weighted by atomic mass is 10.1. The number of amides is 2. The number of halogens is 1. The molecule has 1 aliphatic heterocycles. The maximum atomic E-state index is 11.8. The number of carbonyl (C=O) groups is 2. The van der Waals surface area contributed by atoms with Crippen molar-refractivity contribution in [1.82, 2.24) is 5.32 Å². The summed E-state index contributed by atoms with van der Waals surface area (Å²) >= 11 is 6.05. The highest BCUT2D eigenvalue weighted by molar-refractivity contribution is 6.33. The molecule has 7 heteroatoms. The SMILES string of the molecule is CC(C)(C)OC(=O)Nc1cc(C2CNC(=O)O2)ccc1Cl. The van der Waals surface area contributed by atoms with Gasteiger partial charge in [0.1, 0.15) is 11.7 Å². The van der Waals surface area contributed by atoms with E-state index in [9.17, 15) is 9.59 Å². The first-order chi connectivity index (χ1) is 9.74. The lowest BCUT2D eigenvalue weighted by Crippen LogP contribution is -2.27. The molecule has 6 nitrogen and oxygen atoms in total. The summed E-state index contributed by atoms with van der Waals surface area (Å²) in [5, 5.41) is 5.53. The van der Waals surface area contributed by atoms with Crippen molar-refractivity contribution in [3.8, 4) is 0 Å². The second kappa shape index (κ2) is 5.81. The Kier molecular flexibility index (Phi) is 4.27. The molecule has 2 amide bonds. The predicted molar refractivity (Wildman–Crippen MR) is 78.5 cm³/mol. The average Bonchev–Trinajstić information content (AvgIpc) is 2.76. The van der Waals surface area contributed by atoms with Crippen molar-refractivity contribution < 1.29 is 19.1 Å². The molecule has 1 atom stereocenters.